The zero-order valence-electron chi connectivity index (χ0n) is 4.07. The van der Waals surface area contributed by atoms with Gasteiger partial charge in [-0.15, -0.1) is 0 Å². The first-order valence-electron chi connectivity index (χ1n) is 1.97. The van der Waals surface area contributed by atoms with Crippen LogP contribution in [0.15, 0.2) is 11.1 Å². The Morgan fingerprint density at radius 3 is 2.56 bits per heavy atom. The predicted molar refractivity (Wildman–Crippen MR) is 35.7 cm³/mol. The van der Waals surface area contributed by atoms with Crippen LogP contribution in [0.3, 0.4) is 0 Å². The van der Waals surface area contributed by atoms with Crippen LogP contribution in [0.2, 0.25) is 4.34 Å². The molecule has 0 saturated heterocycles. The molecule has 0 aliphatic heterocycles. The Labute approximate surface area is 62.4 Å². The molecule has 0 spiro atoms. The van der Waals surface area contributed by atoms with E-state index >= 15 is 0 Å². The third-order valence-electron chi connectivity index (χ3n) is 0.656. The number of thiol groups is 1. The van der Waals surface area contributed by atoms with Crippen molar-refractivity contribution < 1.29 is 8.42 Å². The Morgan fingerprint density at radius 1 is 1.67 bits per heavy atom. The van der Waals surface area contributed by atoms with Gasteiger partial charge in [0.2, 0.25) is 0 Å². The first-order valence-corrected chi connectivity index (χ1v) is 4.29. The van der Waals surface area contributed by atoms with E-state index < -0.39 is 10.7 Å². The third-order valence-corrected chi connectivity index (χ3v) is 2.29. The van der Waals surface area contributed by atoms with Gasteiger partial charge in [0.1, 0.15) is 4.34 Å². The van der Waals surface area contributed by atoms with E-state index in [0.29, 0.717) is 4.34 Å². The second-order valence-electron chi connectivity index (χ2n) is 1.25. The summed E-state index contributed by atoms with van der Waals surface area (Å²) in [5.74, 6) is 0. The number of hydrogen-bond donors (Lipinski definition) is 1. The minimum atomic E-state index is -2.56. The quantitative estimate of drug-likeness (QED) is 0.655. The molecule has 0 radical (unpaired) electrons. The van der Waals surface area contributed by atoms with E-state index in [2.05, 4.69) is 4.37 Å². The number of aromatic nitrogens is 1. The minimum absolute atomic E-state index is 0.0417. The molecule has 50 valence electrons. The molecule has 0 aliphatic carbocycles. The van der Waals surface area contributed by atoms with Crippen molar-refractivity contribution in [3.8, 4) is 0 Å². The second-order valence-corrected chi connectivity index (χ2v) is 3.66. The van der Waals surface area contributed by atoms with Gasteiger partial charge in [0.15, 0.2) is 15.7 Å². The molecular weight excluding hydrogens is 182 g/mol. The Balaban J connectivity index is 3.12. The summed E-state index contributed by atoms with van der Waals surface area (Å²) in [4.78, 5) is 0. The number of halogens is 1. The fourth-order valence-corrected chi connectivity index (χ4v) is 1.72. The standard InChI is InChI=1S/C3H2ClNO2S2/c4-2-1-3(5-8-2)9(6)7/h1,9H. The zero-order valence-corrected chi connectivity index (χ0v) is 6.54. The molecule has 0 saturated carbocycles. The maximum Gasteiger partial charge on any atom is 0.186 e. The van der Waals surface area contributed by atoms with Crippen molar-refractivity contribution in [3.05, 3.63) is 10.4 Å². The van der Waals surface area contributed by atoms with Crippen LogP contribution in [0.25, 0.3) is 0 Å². The fourth-order valence-electron chi connectivity index (χ4n) is 0.331. The molecule has 0 aliphatic rings. The minimum Gasteiger partial charge on any atom is -0.225 e. The van der Waals surface area contributed by atoms with Gasteiger partial charge < -0.3 is 0 Å². The monoisotopic (exact) mass is 183 g/mol. The smallest absolute Gasteiger partial charge is 0.186 e. The molecule has 1 aromatic heterocycles. The largest absolute Gasteiger partial charge is 0.225 e. The molecule has 0 unspecified atom stereocenters. The van der Waals surface area contributed by atoms with Gasteiger partial charge >= 0.3 is 0 Å². The molecule has 1 heterocycles. The van der Waals surface area contributed by atoms with E-state index in [1.54, 1.807) is 0 Å². The first kappa shape index (κ1) is 6.98. The van der Waals surface area contributed by atoms with Crippen LogP contribution >= 0.6 is 23.1 Å². The normalized spacial score (nSPS) is 10.4. The van der Waals surface area contributed by atoms with E-state index in [9.17, 15) is 8.42 Å². The highest BCUT2D eigenvalue weighted by Gasteiger charge is 1.99. The van der Waals surface area contributed by atoms with Crippen LogP contribution in [-0.4, -0.2) is 12.8 Å². The molecule has 6 heteroatoms. The van der Waals surface area contributed by atoms with E-state index in [1.165, 1.54) is 6.07 Å². The van der Waals surface area contributed by atoms with Crippen LogP contribution in [0.1, 0.15) is 0 Å². The van der Waals surface area contributed by atoms with Crippen molar-refractivity contribution in [1.29, 1.82) is 0 Å². The summed E-state index contributed by atoms with van der Waals surface area (Å²) in [6.45, 7) is 0. The Hall–Kier alpha value is -0.130. The lowest BCUT2D eigenvalue weighted by atomic mass is 10.8. The van der Waals surface area contributed by atoms with Crippen molar-refractivity contribution in [2.45, 2.75) is 5.03 Å². The molecule has 1 rings (SSSR count). The van der Waals surface area contributed by atoms with Gasteiger partial charge in [-0.05, 0) is 11.5 Å². The Morgan fingerprint density at radius 2 is 2.33 bits per heavy atom. The van der Waals surface area contributed by atoms with Crippen molar-refractivity contribution >= 4 is 33.8 Å². The zero-order chi connectivity index (χ0) is 6.85. The number of nitrogens with zero attached hydrogens (tertiary/aromatic N) is 1. The molecule has 1 aromatic rings. The van der Waals surface area contributed by atoms with E-state index in [1.807, 2.05) is 0 Å². The van der Waals surface area contributed by atoms with E-state index in [-0.39, 0.29) is 5.03 Å². The summed E-state index contributed by atoms with van der Waals surface area (Å²) >= 11 is 6.36. The Kier molecular flexibility index (Phi) is 2.05. The molecule has 0 bridgehead atoms. The summed E-state index contributed by atoms with van der Waals surface area (Å²) in [6, 6.07) is 1.32. The molecule has 0 fully saturated rings. The SMILES string of the molecule is O=[SH](=O)c1cc(Cl)sn1. The van der Waals surface area contributed by atoms with E-state index in [4.69, 9.17) is 11.6 Å². The highest BCUT2D eigenvalue weighted by Crippen LogP contribution is 2.15. The highest BCUT2D eigenvalue weighted by atomic mass is 35.5. The van der Waals surface area contributed by atoms with Gasteiger partial charge in [0.25, 0.3) is 0 Å². The molecule has 0 aromatic carbocycles. The van der Waals surface area contributed by atoms with Gasteiger partial charge in [-0.3, -0.25) is 0 Å². The van der Waals surface area contributed by atoms with E-state index in [0.717, 1.165) is 11.5 Å². The molecule has 0 atom stereocenters. The summed E-state index contributed by atoms with van der Waals surface area (Å²) < 4.78 is 24.2. The molecule has 3 nitrogen and oxygen atoms in total. The summed E-state index contributed by atoms with van der Waals surface area (Å²) in [5, 5.41) is 0.0417. The maximum absolute atomic E-state index is 10.1. The first-order chi connectivity index (χ1) is 4.20. The van der Waals surface area contributed by atoms with Crippen LogP contribution < -0.4 is 0 Å². The van der Waals surface area contributed by atoms with Gasteiger partial charge in [-0.2, -0.15) is 4.37 Å². The molecular formula is C3H2ClNO2S2. The van der Waals surface area contributed by atoms with Gasteiger partial charge in [0, 0.05) is 6.07 Å². The fraction of sp³-hybridized carbons (Fsp3) is 0. The Bertz CT molecular complexity index is 271. The van der Waals surface area contributed by atoms with Crippen molar-refractivity contribution in [2.24, 2.45) is 0 Å². The summed E-state index contributed by atoms with van der Waals surface area (Å²) in [6.07, 6.45) is 0. The summed E-state index contributed by atoms with van der Waals surface area (Å²) in [5.41, 5.74) is 0. The van der Waals surface area contributed by atoms with Gasteiger partial charge in [-0.25, -0.2) is 8.42 Å². The molecule has 0 N–H and O–H groups in total. The average molecular weight is 184 g/mol. The molecule has 9 heavy (non-hydrogen) atoms. The van der Waals surface area contributed by atoms with Crippen molar-refractivity contribution in [1.82, 2.24) is 4.37 Å². The molecule has 0 amide bonds. The lowest BCUT2D eigenvalue weighted by molar-refractivity contribution is 0.612. The third kappa shape index (κ3) is 1.64. The van der Waals surface area contributed by atoms with Crippen LogP contribution in [0.5, 0.6) is 0 Å². The maximum atomic E-state index is 10.1. The van der Waals surface area contributed by atoms with Gasteiger partial charge in [0.05, 0.1) is 0 Å². The number of rotatable bonds is 1. The number of hydrogen-bond acceptors (Lipinski definition) is 4. The van der Waals surface area contributed by atoms with Crippen LogP contribution in [0, 0.1) is 0 Å². The lowest BCUT2D eigenvalue weighted by Gasteiger charge is -1.69. The van der Waals surface area contributed by atoms with Crippen LogP contribution in [0.4, 0.5) is 0 Å². The average Bonchev–Trinajstić information content (AvgIpc) is 2.14. The summed E-state index contributed by atoms with van der Waals surface area (Å²) in [7, 11) is -2.56. The van der Waals surface area contributed by atoms with Crippen molar-refractivity contribution in [3.63, 3.8) is 0 Å². The van der Waals surface area contributed by atoms with Gasteiger partial charge in [-0.1, -0.05) is 11.6 Å². The van der Waals surface area contributed by atoms with Crippen LogP contribution in [-0.2, 0) is 10.7 Å². The predicted octanol–water partition coefficient (Wildman–Crippen LogP) is 0.767. The second kappa shape index (κ2) is 2.64. The highest BCUT2D eigenvalue weighted by molar-refractivity contribution is 7.72. The van der Waals surface area contributed by atoms with Crippen molar-refractivity contribution in [2.75, 3.05) is 0 Å². The topological polar surface area (TPSA) is 47.0 Å². The lowest BCUT2D eigenvalue weighted by Crippen LogP contribution is -1.74.